The Morgan fingerprint density at radius 2 is 1.86 bits per heavy atom. The maximum absolute atomic E-state index is 14.3. The predicted molar refractivity (Wildman–Crippen MR) is 148 cm³/mol. The minimum absolute atomic E-state index is 0.0685. The number of aryl methyl sites for hydroxylation is 1. The number of aliphatic hydroxyl groups excluding tert-OH is 1. The van der Waals surface area contributed by atoms with Crippen molar-refractivity contribution in [2.24, 2.45) is 0 Å². The molecule has 16 heteroatoms. The molecule has 0 bridgehead atoms. The number of sulfone groups is 1. The number of rotatable bonds is 8. The number of benzene rings is 1. The summed E-state index contributed by atoms with van der Waals surface area (Å²) in [7, 11) is -4.66. The molecule has 4 aliphatic rings. The lowest BCUT2D eigenvalue weighted by atomic mass is 10.1. The molecule has 4 fully saturated rings. The number of aromatic nitrogens is 2. The molecule has 44 heavy (non-hydrogen) atoms. The van der Waals surface area contributed by atoms with Crippen molar-refractivity contribution in [3.63, 3.8) is 0 Å². The summed E-state index contributed by atoms with van der Waals surface area (Å²) in [6, 6.07) is 5.46. The smallest absolute Gasteiger partial charge is 0.381 e. The lowest BCUT2D eigenvalue weighted by molar-refractivity contribution is -0.139. The highest BCUT2D eigenvalue weighted by Crippen LogP contribution is 2.43. The molecule has 1 aromatic carbocycles. The van der Waals surface area contributed by atoms with E-state index < -0.39 is 68.5 Å². The molecule has 1 saturated carbocycles. The quantitative estimate of drug-likeness (QED) is 0.329. The minimum Gasteiger partial charge on any atom is -0.381 e. The van der Waals surface area contributed by atoms with Gasteiger partial charge in [-0.05, 0) is 57.2 Å². The molecule has 3 saturated heterocycles. The number of hydrogen-bond acceptors (Lipinski definition) is 9. The Morgan fingerprint density at radius 1 is 1.18 bits per heavy atom. The number of nitrogens with one attached hydrogen (secondary N) is 1. The van der Waals surface area contributed by atoms with E-state index in [4.69, 9.17) is 4.74 Å². The summed E-state index contributed by atoms with van der Waals surface area (Å²) in [5.41, 5.74) is -1.88. The van der Waals surface area contributed by atoms with Gasteiger partial charge >= 0.3 is 6.18 Å². The summed E-state index contributed by atoms with van der Waals surface area (Å²) in [6.45, 7) is 1.02. The molecular weight excluding hydrogens is 611 g/mol. The molecule has 0 spiro atoms. The van der Waals surface area contributed by atoms with Gasteiger partial charge < -0.3 is 19.6 Å². The van der Waals surface area contributed by atoms with Crippen molar-refractivity contribution < 1.29 is 40.2 Å². The van der Waals surface area contributed by atoms with Gasteiger partial charge in [-0.1, -0.05) is 0 Å². The topological polar surface area (TPSA) is 124 Å². The van der Waals surface area contributed by atoms with Crippen molar-refractivity contribution >= 4 is 21.3 Å². The van der Waals surface area contributed by atoms with E-state index >= 15 is 0 Å². The normalized spacial score (nSPS) is 25.9. The van der Waals surface area contributed by atoms with Gasteiger partial charge in [-0.3, -0.25) is 5.32 Å². The molecular formula is C28H33F5N6O4S. The highest BCUT2D eigenvalue weighted by molar-refractivity contribution is 7.92. The number of ether oxygens (including phenoxy) is 1. The van der Waals surface area contributed by atoms with Gasteiger partial charge in [0, 0.05) is 31.5 Å². The van der Waals surface area contributed by atoms with Crippen molar-refractivity contribution in [3.8, 4) is 6.07 Å². The molecule has 2 aromatic rings. The number of nitriles is 1. The zero-order chi connectivity index (χ0) is 31.7. The molecule has 0 radical (unpaired) electrons. The van der Waals surface area contributed by atoms with Crippen LogP contribution >= 0.6 is 0 Å². The van der Waals surface area contributed by atoms with E-state index in [0.717, 1.165) is 17.0 Å². The molecule has 3 unspecified atom stereocenters. The van der Waals surface area contributed by atoms with E-state index in [-0.39, 0.29) is 24.7 Å². The van der Waals surface area contributed by atoms with Crippen LogP contribution in [-0.4, -0.2) is 85.1 Å². The number of alkyl halides is 5. The second-order valence-electron chi connectivity index (χ2n) is 12.2. The van der Waals surface area contributed by atoms with Crippen LogP contribution in [0.5, 0.6) is 0 Å². The highest BCUT2D eigenvalue weighted by atomic mass is 32.2. The minimum atomic E-state index is -5.07. The Bertz CT molecular complexity index is 1560. The van der Waals surface area contributed by atoms with Crippen molar-refractivity contribution in [2.75, 3.05) is 42.6 Å². The van der Waals surface area contributed by atoms with Gasteiger partial charge in [0.2, 0.25) is 0 Å². The summed E-state index contributed by atoms with van der Waals surface area (Å²) in [5, 5.41) is 27.1. The summed E-state index contributed by atoms with van der Waals surface area (Å²) in [6.07, 6.45) is -4.37. The average molecular weight is 645 g/mol. The second kappa shape index (κ2) is 10.8. The zero-order valence-electron chi connectivity index (χ0n) is 23.9. The van der Waals surface area contributed by atoms with E-state index in [0.29, 0.717) is 56.5 Å². The standard InChI is InChI=1S/C28H33F5N6O4S/c1-17-10-24(39(36-17)18-4-8-43-9-5-18)38-13-20(12-22(38)25(40)35-26(14-34)6-7-26)44(41,42)23-3-2-19(11-21(23)28(31,32)33)37-15-27(29,30)16-37/h2-3,10-11,18,20,22,25,35,40H,4-9,12-13,15-16H2,1H3. The second-order valence-corrected chi connectivity index (χ2v) is 14.4. The Hall–Kier alpha value is -3.00. The predicted octanol–water partition coefficient (Wildman–Crippen LogP) is 3.40. The third-order valence-corrected chi connectivity index (χ3v) is 11.1. The molecule has 3 aliphatic heterocycles. The first-order chi connectivity index (χ1) is 20.6. The van der Waals surface area contributed by atoms with Crippen LogP contribution in [0.2, 0.25) is 0 Å². The van der Waals surface area contributed by atoms with Crippen LogP contribution < -0.4 is 15.1 Å². The van der Waals surface area contributed by atoms with Crippen molar-refractivity contribution in [1.82, 2.24) is 15.1 Å². The molecule has 1 aromatic heterocycles. The van der Waals surface area contributed by atoms with Crippen LogP contribution in [-0.2, 0) is 20.8 Å². The highest BCUT2D eigenvalue weighted by Gasteiger charge is 2.51. The van der Waals surface area contributed by atoms with Gasteiger partial charge in [-0.2, -0.15) is 23.5 Å². The van der Waals surface area contributed by atoms with Crippen LogP contribution in [0.4, 0.5) is 33.5 Å². The van der Waals surface area contributed by atoms with E-state index in [9.17, 15) is 40.7 Å². The van der Waals surface area contributed by atoms with Crippen molar-refractivity contribution in [1.29, 1.82) is 5.26 Å². The summed E-state index contributed by atoms with van der Waals surface area (Å²) in [4.78, 5) is 1.77. The van der Waals surface area contributed by atoms with Gasteiger partial charge in [0.25, 0.3) is 5.92 Å². The first-order valence-electron chi connectivity index (χ1n) is 14.5. The molecule has 10 nitrogen and oxygen atoms in total. The first-order valence-corrected chi connectivity index (χ1v) is 16.0. The Labute approximate surface area is 251 Å². The molecule has 6 rings (SSSR count). The number of hydrogen-bond donors (Lipinski definition) is 2. The molecule has 2 N–H and O–H groups in total. The van der Waals surface area contributed by atoms with Crippen LogP contribution in [0.25, 0.3) is 0 Å². The SMILES string of the molecule is Cc1cc(N2CC(S(=O)(=O)c3ccc(N4CC(F)(F)C4)cc3C(F)(F)F)CC2C(O)NC2(C#N)CC2)n(C2CCOCC2)n1. The third kappa shape index (κ3) is 5.75. The Morgan fingerprint density at radius 3 is 2.45 bits per heavy atom. The van der Waals surface area contributed by atoms with Gasteiger partial charge in [0.15, 0.2) is 9.84 Å². The van der Waals surface area contributed by atoms with Crippen LogP contribution in [0.15, 0.2) is 29.2 Å². The van der Waals surface area contributed by atoms with E-state index in [1.807, 2.05) is 0 Å². The average Bonchev–Trinajstić information content (AvgIpc) is 3.39. The fraction of sp³-hybridized carbons (Fsp3) is 0.643. The largest absolute Gasteiger partial charge is 0.417 e. The zero-order valence-corrected chi connectivity index (χ0v) is 24.7. The number of halogens is 5. The number of aliphatic hydroxyl groups is 1. The molecule has 4 heterocycles. The maximum atomic E-state index is 14.3. The summed E-state index contributed by atoms with van der Waals surface area (Å²) >= 11 is 0. The van der Waals surface area contributed by atoms with E-state index in [1.54, 1.807) is 22.6 Å². The van der Waals surface area contributed by atoms with Gasteiger partial charge in [0.05, 0.1) is 52.6 Å². The Kier molecular flexibility index (Phi) is 7.62. The molecule has 240 valence electrons. The monoisotopic (exact) mass is 644 g/mol. The number of anilines is 2. The van der Waals surface area contributed by atoms with Crippen LogP contribution in [0.3, 0.4) is 0 Å². The lowest BCUT2D eigenvalue weighted by Gasteiger charge is -2.40. The third-order valence-electron chi connectivity index (χ3n) is 8.95. The van der Waals surface area contributed by atoms with E-state index in [2.05, 4.69) is 16.5 Å². The van der Waals surface area contributed by atoms with E-state index in [1.165, 1.54) is 0 Å². The maximum Gasteiger partial charge on any atom is 0.417 e. The fourth-order valence-electron chi connectivity index (χ4n) is 6.38. The molecule has 1 aliphatic carbocycles. The van der Waals surface area contributed by atoms with Gasteiger partial charge in [-0.15, -0.1) is 0 Å². The summed E-state index contributed by atoms with van der Waals surface area (Å²) < 4.78 is 105. The van der Waals surface area contributed by atoms with Gasteiger partial charge in [-0.25, -0.2) is 21.9 Å². The fourth-order valence-corrected chi connectivity index (χ4v) is 8.29. The molecule has 0 amide bonds. The van der Waals surface area contributed by atoms with Crippen molar-refractivity contribution in [3.05, 3.63) is 35.5 Å². The number of nitrogens with zero attached hydrogens (tertiary/aromatic N) is 5. The molecule has 3 atom stereocenters. The van der Waals surface area contributed by atoms with Crippen LogP contribution in [0, 0.1) is 18.3 Å². The van der Waals surface area contributed by atoms with Crippen molar-refractivity contribution in [2.45, 2.75) is 85.1 Å². The van der Waals surface area contributed by atoms with Gasteiger partial charge in [0.1, 0.15) is 17.6 Å². The summed E-state index contributed by atoms with van der Waals surface area (Å²) in [5.74, 6) is -2.51. The first kappa shape index (κ1) is 31.0. The lowest BCUT2D eigenvalue weighted by Crippen LogP contribution is -2.56. The Balaban J connectivity index is 1.36. The van der Waals surface area contributed by atoms with Crippen LogP contribution in [0.1, 0.15) is 49.4 Å².